The molecular formula is C39H44N4O12. The Balaban J connectivity index is 1.49. The zero-order valence-corrected chi connectivity index (χ0v) is 30.8. The molecule has 0 aliphatic carbocycles. The average Bonchev–Trinajstić information content (AvgIpc) is 3.78. The largest absolute Gasteiger partial charge is 0.481 e. The maximum absolute atomic E-state index is 13.1. The summed E-state index contributed by atoms with van der Waals surface area (Å²) in [5.74, 6) is -4.09. The second kappa shape index (κ2) is 16.4. The minimum atomic E-state index is -1.96. The molecule has 1 saturated heterocycles. The van der Waals surface area contributed by atoms with Crippen molar-refractivity contribution in [3.05, 3.63) is 98.7 Å². The number of carbonyl (C=O) groups excluding carboxylic acids is 3. The number of carboxylic acids is 2. The number of carbonyl (C=O) groups is 5. The van der Waals surface area contributed by atoms with Crippen LogP contribution in [0.2, 0.25) is 0 Å². The van der Waals surface area contributed by atoms with Crippen molar-refractivity contribution in [3.63, 3.8) is 0 Å². The highest BCUT2D eigenvalue weighted by molar-refractivity contribution is 6.13. The number of esters is 1. The minimum Gasteiger partial charge on any atom is -0.481 e. The Kier molecular flexibility index (Phi) is 12.0. The van der Waals surface area contributed by atoms with Crippen LogP contribution in [0, 0.1) is 6.92 Å². The maximum atomic E-state index is 13.1. The summed E-state index contributed by atoms with van der Waals surface area (Å²) in [6.45, 7) is 14.6. The lowest BCUT2D eigenvalue weighted by atomic mass is 9.93. The topological polar surface area (TPSA) is 257 Å². The molecule has 292 valence electrons. The van der Waals surface area contributed by atoms with Crippen LogP contribution in [-0.4, -0.2) is 103 Å². The van der Waals surface area contributed by atoms with E-state index >= 15 is 0 Å². The van der Waals surface area contributed by atoms with Crippen molar-refractivity contribution in [1.82, 2.24) is 15.6 Å². The van der Waals surface area contributed by atoms with E-state index < -0.39 is 54.7 Å². The zero-order chi connectivity index (χ0) is 40.5. The smallest absolute Gasteiger partial charge is 0.335 e. The fraction of sp³-hybridized carbons (Fsp3) is 0.385. The van der Waals surface area contributed by atoms with Crippen molar-refractivity contribution >= 4 is 41.5 Å². The van der Waals surface area contributed by atoms with E-state index in [9.17, 15) is 49.5 Å². The molecule has 6 atom stereocenters. The highest BCUT2D eigenvalue weighted by Gasteiger charge is 2.48. The van der Waals surface area contributed by atoms with Crippen LogP contribution in [-0.2, 0) is 46.3 Å². The van der Waals surface area contributed by atoms with E-state index in [0.717, 1.165) is 11.1 Å². The number of hydrogen-bond acceptors (Lipinski definition) is 11. The van der Waals surface area contributed by atoms with Crippen LogP contribution < -0.4 is 10.6 Å². The zero-order valence-electron chi connectivity index (χ0n) is 30.8. The molecular weight excluding hydrogens is 716 g/mol. The van der Waals surface area contributed by atoms with Gasteiger partial charge >= 0.3 is 17.9 Å². The second-order valence-electron chi connectivity index (χ2n) is 13.6. The normalized spacial score (nSPS) is 26.9. The van der Waals surface area contributed by atoms with Gasteiger partial charge in [-0.1, -0.05) is 25.3 Å². The summed E-state index contributed by atoms with van der Waals surface area (Å²) in [5.41, 5.74) is 7.97. The van der Waals surface area contributed by atoms with Gasteiger partial charge in [-0.25, -0.2) is 4.79 Å². The minimum absolute atomic E-state index is 0.0619. The molecule has 2 amide bonds. The van der Waals surface area contributed by atoms with E-state index in [1.165, 1.54) is 6.08 Å². The second-order valence-corrected chi connectivity index (χ2v) is 13.6. The van der Waals surface area contributed by atoms with Crippen LogP contribution in [0.5, 0.6) is 0 Å². The fourth-order valence-corrected chi connectivity index (χ4v) is 7.06. The van der Waals surface area contributed by atoms with E-state index in [1.54, 1.807) is 32.1 Å². The predicted molar refractivity (Wildman–Crippen MR) is 197 cm³/mol. The van der Waals surface area contributed by atoms with E-state index in [4.69, 9.17) is 14.5 Å². The third-order valence-electron chi connectivity index (χ3n) is 10.3. The summed E-state index contributed by atoms with van der Waals surface area (Å²) in [6.07, 6.45) is -3.08. The number of allylic oxidation sites excluding steroid dienone is 4. The third-order valence-corrected chi connectivity index (χ3v) is 10.3. The fourth-order valence-electron chi connectivity index (χ4n) is 7.06. The number of aliphatic hydroxyl groups excluding tert-OH is 3. The number of aromatic nitrogens is 1. The van der Waals surface area contributed by atoms with Crippen LogP contribution in [0.3, 0.4) is 0 Å². The Morgan fingerprint density at radius 2 is 1.51 bits per heavy atom. The number of aromatic amines is 1. The Bertz CT molecular complexity index is 2060. The third kappa shape index (κ3) is 8.22. The van der Waals surface area contributed by atoms with Crippen molar-refractivity contribution in [1.29, 1.82) is 0 Å². The molecule has 16 nitrogen and oxygen atoms in total. The molecule has 0 radical (unpaired) electrons. The van der Waals surface area contributed by atoms with Crippen molar-refractivity contribution in [2.75, 3.05) is 0 Å². The lowest BCUT2D eigenvalue weighted by molar-refractivity contribution is -0.286. The number of H-pyrrole nitrogens is 1. The highest BCUT2D eigenvalue weighted by atomic mass is 16.7. The van der Waals surface area contributed by atoms with Gasteiger partial charge in [-0.15, -0.1) is 0 Å². The molecule has 0 aromatic carbocycles. The SMILES string of the molecule is C=CC1=C(C)/C(=C\C2=N[C@@H](Cc3[nH]c(/C=C4/NC(=O)C(C)=C4C=C)c(C)c3CCC(=O)O[C@H]3O[C@H](C(=O)O)[C@H](O)[C@@H](O)[C@H]3O)C(CCC(=O)O)=C2C)NC1=O. The van der Waals surface area contributed by atoms with Crippen LogP contribution in [0.25, 0.3) is 6.08 Å². The van der Waals surface area contributed by atoms with Gasteiger partial charge < -0.3 is 50.6 Å². The number of nitrogens with zero attached hydrogens (tertiary/aromatic N) is 1. The Morgan fingerprint density at radius 1 is 0.836 bits per heavy atom. The molecule has 4 aliphatic rings. The molecule has 1 aromatic heterocycles. The number of hydrogen-bond donors (Lipinski definition) is 8. The summed E-state index contributed by atoms with van der Waals surface area (Å²) in [6, 6.07) is -0.542. The van der Waals surface area contributed by atoms with Crippen LogP contribution >= 0.6 is 0 Å². The van der Waals surface area contributed by atoms with Crippen molar-refractivity contribution in [2.24, 2.45) is 4.99 Å². The summed E-state index contributed by atoms with van der Waals surface area (Å²) in [7, 11) is 0. The van der Waals surface area contributed by atoms with Crippen molar-refractivity contribution in [3.8, 4) is 0 Å². The summed E-state index contributed by atoms with van der Waals surface area (Å²) in [5, 5.41) is 55.1. The number of aliphatic hydroxyl groups is 3. The molecule has 8 N–H and O–H groups in total. The Hall–Kier alpha value is -5.68. The molecule has 16 heteroatoms. The lowest BCUT2D eigenvalue weighted by Gasteiger charge is -2.37. The molecule has 5 heterocycles. The van der Waals surface area contributed by atoms with Crippen LogP contribution in [0.4, 0.5) is 0 Å². The van der Waals surface area contributed by atoms with Gasteiger partial charge in [-0.05, 0) is 80.5 Å². The van der Waals surface area contributed by atoms with Gasteiger partial charge in [0, 0.05) is 53.1 Å². The van der Waals surface area contributed by atoms with Gasteiger partial charge in [0.1, 0.15) is 18.3 Å². The van der Waals surface area contributed by atoms with Gasteiger partial charge in [-0.2, -0.15) is 0 Å². The van der Waals surface area contributed by atoms with Crippen molar-refractivity contribution in [2.45, 2.75) is 96.5 Å². The number of nitrogens with one attached hydrogen (secondary N) is 3. The standard InChI is InChI=1S/C39H44N4O12/c1-7-20-19(6)36(50)43-27(20)14-25-18(5)23(10-12-31(46)54-39-34(49)32(47)33(48)35(55-39)38(52)53)29(41-25)15-28-22(9-11-30(44)45)17(4)24(40-28)13-26-16(3)21(8-2)37(51)42-26/h7-8,13-14,28,32-35,39,41,47-49H,1-2,9-12,15H2,3-6H3,(H,42,51)(H,43,50)(H,44,45)(H,52,53)/b26-13+,27-14+/t28-,32+,33+,34+,35-,39-/m0/s1. The van der Waals surface area contributed by atoms with E-state index in [-0.39, 0.29) is 43.9 Å². The molecule has 55 heavy (non-hydrogen) atoms. The van der Waals surface area contributed by atoms with E-state index in [2.05, 4.69) is 28.8 Å². The maximum Gasteiger partial charge on any atom is 0.335 e. The number of amides is 2. The Morgan fingerprint density at radius 3 is 2.13 bits per heavy atom. The number of rotatable bonds is 14. The molecule has 1 fully saturated rings. The molecule has 4 aliphatic heterocycles. The van der Waals surface area contributed by atoms with Gasteiger partial charge in [0.2, 0.25) is 6.29 Å². The number of aliphatic imine (C=N–C) groups is 1. The van der Waals surface area contributed by atoms with Gasteiger partial charge in [0.05, 0.1) is 17.5 Å². The first-order chi connectivity index (χ1) is 26.0. The number of carboxylic acid groups (broad SMARTS) is 2. The molecule has 0 bridgehead atoms. The van der Waals surface area contributed by atoms with Gasteiger partial charge in [0.25, 0.3) is 11.8 Å². The molecule has 0 saturated carbocycles. The summed E-state index contributed by atoms with van der Waals surface area (Å²) < 4.78 is 10.3. The van der Waals surface area contributed by atoms with E-state index in [0.29, 0.717) is 61.9 Å². The average molecular weight is 761 g/mol. The van der Waals surface area contributed by atoms with Gasteiger partial charge in [-0.3, -0.25) is 24.2 Å². The van der Waals surface area contributed by atoms with Crippen LogP contribution in [0.15, 0.2) is 81.2 Å². The van der Waals surface area contributed by atoms with E-state index in [1.807, 2.05) is 13.8 Å². The Labute approximate surface area is 316 Å². The molecule has 0 spiro atoms. The first-order valence-electron chi connectivity index (χ1n) is 17.5. The number of aliphatic carboxylic acids is 2. The molecule has 5 rings (SSSR count). The highest BCUT2D eigenvalue weighted by Crippen LogP contribution is 2.34. The predicted octanol–water partition coefficient (Wildman–Crippen LogP) is 1.73. The number of ether oxygens (including phenoxy) is 2. The monoisotopic (exact) mass is 760 g/mol. The van der Waals surface area contributed by atoms with Crippen molar-refractivity contribution < 1.29 is 59.0 Å². The molecule has 1 aromatic rings. The quantitative estimate of drug-likeness (QED) is 0.126. The summed E-state index contributed by atoms with van der Waals surface area (Å²) in [4.78, 5) is 69.7. The summed E-state index contributed by atoms with van der Waals surface area (Å²) >= 11 is 0. The first kappa shape index (κ1) is 40.5. The first-order valence-corrected chi connectivity index (χ1v) is 17.5. The molecule has 0 unspecified atom stereocenters. The van der Waals surface area contributed by atoms with Gasteiger partial charge in [0.15, 0.2) is 6.10 Å². The lowest BCUT2D eigenvalue weighted by Crippen LogP contribution is -2.60. The van der Waals surface area contributed by atoms with Crippen LogP contribution in [0.1, 0.15) is 62.5 Å².